The highest BCUT2D eigenvalue weighted by Crippen LogP contribution is 2.21. The summed E-state index contributed by atoms with van der Waals surface area (Å²) in [4.78, 5) is 15.6. The average Bonchev–Trinajstić information content (AvgIpc) is 2.85. The molecule has 21 heavy (non-hydrogen) atoms. The summed E-state index contributed by atoms with van der Waals surface area (Å²) in [6.45, 7) is 3.18. The number of carbonyl (C=O) groups excluding carboxylic acids is 1. The molecular weight excluding hydrogens is 278 g/mol. The van der Waals surface area contributed by atoms with E-state index >= 15 is 0 Å². The number of β-amino-alcohol motifs (C(OH)–C–C–N with tert-alkyl or cyclic N) is 1. The molecule has 1 aromatic carbocycles. The van der Waals surface area contributed by atoms with Crippen LogP contribution >= 0.6 is 0 Å². The highest BCUT2D eigenvalue weighted by molar-refractivity contribution is 5.78. The molecule has 0 saturated carbocycles. The van der Waals surface area contributed by atoms with Gasteiger partial charge in [-0.1, -0.05) is 6.07 Å². The number of aliphatic hydroxyl groups excluding tert-OH is 1. The van der Waals surface area contributed by atoms with E-state index in [0.29, 0.717) is 25.1 Å². The largest absolute Gasteiger partial charge is 0.392 e. The predicted molar refractivity (Wildman–Crippen MR) is 74.6 cm³/mol. The van der Waals surface area contributed by atoms with Crippen molar-refractivity contribution >= 4 is 5.91 Å². The molecular formula is C15H20F2N2O2. The molecule has 116 valence electrons. The van der Waals surface area contributed by atoms with Gasteiger partial charge in [-0.05, 0) is 31.0 Å². The zero-order valence-corrected chi connectivity index (χ0v) is 12.2. The number of aliphatic hydroxyl groups is 1. The van der Waals surface area contributed by atoms with Gasteiger partial charge in [-0.15, -0.1) is 0 Å². The van der Waals surface area contributed by atoms with Crippen LogP contribution in [0, 0.1) is 11.6 Å². The Morgan fingerprint density at radius 1 is 1.48 bits per heavy atom. The maximum absolute atomic E-state index is 13.3. The van der Waals surface area contributed by atoms with Crippen LogP contribution in [0.4, 0.5) is 8.78 Å². The lowest BCUT2D eigenvalue weighted by molar-refractivity contribution is -0.132. The van der Waals surface area contributed by atoms with E-state index in [9.17, 15) is 18.7 Å². The Kier molecular flexibility index (Phi) is 4.90. The summed E-state index contributed by atoms with van der Waals surface area (Å²) in [5, 5.41) is 9.45. The first kappa shape index (κ1) is 15.9. The van der Waals surface area contributed by atoms with Crippen molar-refractivity contribution < 1.29 is 18.7 Å². The molecule has 1 aliphatic heterocycles. The van der Waals surface area contributed by atoms with Crippen molar-refractivity contribution in [3.8, 4) is 0 Å². The molecule has 2 rings (SSSR count). The van der Waals surface area contributed by atoms with E-state index in [1.165, 1.54) is 11.0 Å². The van der Waals surface area contributed by atoms with Crippen molar-refractivity contribution in [3.05, 3.63) is 35.4 Å². The highest BCUT2D eigenvalue weighted by Gasteiger charge is 2.25. The number of likely N-dealkylation sites (N-methyl/N-ethyl adjacent to an activating group) is 1. The summed E-state index contributed by atoms with van der Waals surface area (Å²) in [5.74, 6) is -1.92. The van der Waals surface area contributed by atoms with E-state index in [4.69, 9.17) is 0 Å². The van der Waals surface area contributed by atoms with Gasteiger partial charge in [0, 0.05) is 20.1 Å². The standard InChI is InChI=1S/C15H20F2N2O2/c1-10(11-3-4-13(16)14(17)7-11)18(2)15(21)9-19-6-5-12(20)8-19/h3-4,7,10,12,20H,5-6,8-9H2,1-2H3/t10?,12-/m0/s1. The Morgan fingerprint density at radius 2 is 2.19 bits per heavy atom. The molecule has 1 unspecified atom stereocenters. The normalized spacial score (nSPS) is 20.5. The van der Waals surface area contributed by atoms with Crippen LogP contribution in [0.15, 0.2) is 18.2 Å². The third-order valence-corrected chi connectivity index (χ3v) is 4.01. The number of benzene rings is 1. The Hall–Kier alpha value is -1.53. The summed E-state index contributed by atoms with van der Waals surface area (Å²) >= 11 is 0. The molecule has 1 aromatic rings. The van der Waals surface area contributed by atoms with E-state index in [-0.39, 0.29) is 24.6 Å². The smallest absolute Gasteiger partial charge is 0.236 e. The maximum atomic E-state index is 13.3. The molecule has 6 heteroatoms. The summed E-state index contributed by atoms with van der Waals surface area (Å²) in [7, 11) is 1.64. The molecule has 1 fully saturated rings. The Labute approximate surface area is 123 Å². The number of carbonyl (C=O) groups is 1. The quantitative estimate of drug-likeness (QED) is 0.917. The summed E-state index contributed by atoms with van der Waals surface area (Å²) in [6.07, 6.45) is 0.308. The van der Waals surface area contributed by atoms with Gasteiger partial charge < -0.3 is 10.0 Å². The van der Waals surface area contributed by atoms with Gasteiger partial charge in [0.2, 0.25) is 5.91 Å². The van der Waals surface area contributed by atoms with Crippen molar-refractivity contribution in [2.45, 2.75) is 25.5 Å². The lowest BCUT2D eigenvalue weighted by Crippen LogP contribution is -2.39. The first-order valence-electron chi connectivity index (χ1n) is 6.99. The molecule has 0 spiro atoms. The minimum Gasteiger partial charge on any atom is -0.392 e. The summed E-state index contributed by atoms with van der Waals surface area (Å²) in [5.41, 5.74) is 0.547. The van der Waals surface area contributed by atoms with Crippen molar-refractivity contribution in [1.82, 2.24) is 9.80 Å². The van der Waals surface area contributed by atoms with Gasteiger partial charge in [-0.3, -0.25) is 9.69 Å². The van der Waals surface area contributed by atoms with Crippen molar-refractivity contribution in [2.24, 2.45) is 0 Å². The minimum atomic E-state index is -0.914. The lowest BCUT2D eigenvalue weighted by Gasteiger charge is -2.27. The second kappa shape index (κ2) is 6.49. The SMILES string of the molecule is CC(c1ccc(F)c(F)c1)N(C)C(=O)CN1CC[C@H](O)C1. The van der Waals surface area contributed by atoms with Gasteiger partial charge in [0.25, 0.3) is 0 Å². The van der Waals surface area contributed by atoms with Gasteiger partial charge in [-0.2, -0.15) is 0 Å². The maximum Gasteiger partial charge on any atom is 0.236 e. The third-order valence-electron chi connectivity index (χ3n) is 4.01. The van der Waals surface area contributed by atoms with Crippen LogP contribution in [0.25, 0.3) is 0 Å². The van der Waals surface area contributed by atoms with Crippen molar-refractivity contribution in [1.29, 1.82) is 0 Å². The molecule has 0 aliphatic carbocycles. The number of rotatable bonds is 4. The van der Waals surface area contributed by atoms with Gasteiger partial charge in [0.15, 0.2) is 11.6 Å². The van der Waals surface area contributed by atoms with Crippen LogP contribution < -0.4 is 0 Å². The fourth-order valence-electron chi connectivity index (χ4n) is 2.47. The molecule has 0 aromatic heterocycles. The molecule has 1 amide bonds. The van der Waals surface area contributed by atoms with Gasteiger partial charge >= 0.3 is 0 Å². The third kappa shape index (κ3) is 3.77. The van der Waals surface area contributed by atoms with Gasteiger partial charge in [-0.25, -0.2) is 8.78 Å². The number of amides is 1. The molecule has 2 atom stereocenters. The van der Waals surface area contributed by atoms with Crippen LogP contribution in [-0.2, 0) is 4.79 Å². The highest BCUT2D eigenvalue weighted by atomic mass is 19.2. The van der Waals surface area contributed by atoms with E-state index in [0.717, 1.165) is 12.1 Å². The first-order chi connectivity index (χ1) is 9.88. The first-order valence-corrected chi connectivity index (χ1v) is 6.99. The monoisotopic (exact) mass is 298 g/mol. The number of halogens is 2. The average molecular weight is 298 g/mol. The van der Waals surface area contributed by atoms with E-state index in [1.54, 1.807) is 14.0 Å². The van der Waals surface area contributed by atoms with E-state index in [2.05, 4.69) is 0 Å². The Balaban J connectivity index is 1.99. The minimum absolute atomic E-state index is 0.110. The molecule has 0 bridgehead atoms. The second-order valence-corrected chi connectivity index (χ2v) is 5.53. The molecule has 1 N–H and O–H groups in total. The number of nitrogens with zero attached hydrogens (tertiary/aromatic N) is 2. The zero-order chi connectivity index (χ0) is 15.6. The van der Waals surface area contributed by atoms with Crippen LogP contribution in [0.3, 0.4) is 0 Å². The molecule has 1 saturated heterocycles. The molecule has 1 heterocycles. The van der Waals surface area contributed by atoms with Crippen LogP contribution in [0.5, 0.6) is 0 Å². The van der Waals surface area contributed by atoms with Gasteiger partial charge in [0.1, 0.15) is 0 Å². The van der Waals surface area contributed by atoms with Crippen molar-refractivity contribution in [3.63, 3.8) is 0 Å². The number of hydrogen-bond acceptors (Lipinski definition) is 3. The van der Waals surface area contributed by atoms with E-state index in [1.807, 2.05) is 4.90 Å². The number of likely N-dealkylation sites (tertiary alicyclic amines) is 1. The fourth-order valence-corrected chi connectivity index (χ4v) is 2.47. The zero-order valence-electron chi connectivity index (χ0n) is 12.2. The van der Waals surface area contributed by atoms with Crippen molar-refractivity contribution in [2.75, 3.05) is 26.7 Å². The molecule has 1 aliphatic rings. The lowest BCUT2D eigenvalue weighted by atomic mass is 10.1. The molecule has 0 radical (unpaired) electrons. The second-order valence-electron chi connectivity index (χ2n) is 5.53. The summed E-state index contributed by atoms with van der Waals surface area (Å²) < 4.78 is 26.2. The van der Waals surface area contributed by atoms with Gasteiger partial charge in [0.05, 0.1) is 18.7 Å². The van der Waals surface area contributed by atoms with Crippen LogP contribution in [-0.4, -0.2) is 53.6 Å². The fraction of sp³-hybridized carbons (Fsp3) is 0.533. The molecule has 4 nitrogen and oxygen atoms in total. The Bertz CT molecular complexity index is 524. The predicted octanol–water partition coefficient (Wildman–Crippen LogP) is 1.55. The van der Waals surface area contributed by atoms with Crippen LogP contribution in [0.2, 0.25) is 0 Å². The summed E-state index contributed by atoms with van der Waals surface area (Å²) in [6, 6.07) is 3.31. The topological polar surface area (TPSA) is 43.8 Å². The number of hydrogen-bond donors (Lipinski definition) is 1. The van der Waals surface area contributed by atoms with E-state index < -0.39 is 11.6 Å². The Morgan fingerprint density at radius 3 is 2.76 bits per heavy atom. The van der Waals surface area contributed by atoms with Crippen LogP contribution in [0.1, 0.15) is 24.9 Å².